The Labute approximate surface area is 285 Å². The van der Waals surface area contributed by atoms with Gasteiger partial charge in [-0.2, -0.15) is 5.09 Å². The van der Waals surface area contributed by atoms with Gasteiger partial charge in [-0.15, -0.1) is 0 Å². The van der Waals surface area contributed by atoms with Gasteiger partial charge in [-0.3, -0.25) is 18.9 Å². The van der Waals surface area contributed by atoms with Crippen LogP contribution in [0.5, 0.6) is 5.75 Å². The summed E-state index contributed by atoms with van der Waals surface area (Å²) in [7, 11) is -2.82. The van der Waals surface area contributed by atoms with Gasteiger partial charge in [-0.05, 0) is 56.5 Å². The number of ether oxygens (including phenoxy) is 2. The van der Waals surface area contributed by atoms with Gasteiger partial charge in [0.1, 0.15) is 42.0 Å². The largest absolute Gasteiger partial charge is 0.459 e. The summed E-state index contributed by atoms with van der Waals surface area (Å²) < 4.78 is 39.3. The molecule has 0 spiro atoms. The monoisotopic (exact) mass is 721 g/mol. The average Bonchev–Trinajstić information content (AvgIpc) is 3.56. The molecule has 4 aromatic rings. The number of anilines is 1. The van der Waals surface area contributed by atoms with Gasteiger partial charge in [0, 0.05) is 22.7 Å². The smallest absolute Gasteiger partial charge is 0.459 e. The Morgan fingerprint density at radius 1 is 1.19 bits per heavy atom. The van der Waals surface area contributed by atoms with Crippen LogP contribution in [-0.2, 0) is 30.0 Å². The minimum atomic E-state index is -4.41. The van der Waals surface area contributed by atoms with Crippen LogP contribution >= 0.6 is 30.9 Å². The van der Waals surface area contributed by atoms with E-state index in [1.807, 2.05) is 0 Å². The first kappa shape index (κ1) is 34.5. The molecule has 3 heterocycles. The topological polar surface area (TPSA) is 196 Å². The lowest BCUT2D eigenvalue weighted by atomic mass is 9.78. The van der Waals surface area contributed by atoms with Crippen LogP contribution in [0.15, 0.2) is 61.2 Å². The summed E-state index contributed by atoms with van der Waals surface area (Å²) in [6.07, 6.45) is -0.0399. The van der Waals surface area contributed by atoms with Crippen LogP contribution in [0.25, 0.3) is 11.2 Å². The lowest BCUT2D eigenvalue weighted by Crippen LogP contribution is -2.57. The predicted octanol–water partition coefficient (Wildman–Crippen LogP) is 3.91. The van der Waals surface area contributed by atoms with Gasteiger partial charge in [-0.25, -0.2) is 25.4 Å². The average molecular weight is 723 g/mol. The highest BCUT2D eigenvalue weighted by molar-refractivity contribution is 7.52. The number of imidazole rings is 1. The zero-order valence-corrected chi connectivity index (χ0v) is 28.3. The third-order valence-electron chi connectivity index (χ3n) is 8.39. The van der Waals surface area contributed by atoms with Gasteiger partial charge in [0.15, 0.2) is 23.2 Å². The van der Waals surface area contributed by atoms with Crippen LogP contribution in [0.1, 0.15) is 38.0 Å². The van der Waals surface area contributed by atoms with Crippen LogP contribution in [0.4, 0.5) is 5.82 Å². The van der Waals surface area contributed by atoms with Gasteiger partial charge < -0.3 is 24.2 Å². The molecule has 2 aromatic carbocycles. The number of carbonyl (C=O) groups excluding carboxylic acids is 1. The van der Waals surface area contributed by atoms with Crippen LogP contribution in [0.2, 0.25) is 10.0 Å². The predicted molar refractivity (Wildman–Crippen MR) is 175 cm³/mol. The van der Waals surface area contributed by atoms with Crippen LogP contribution in [0, 0.1) is 0 Å². The van der Waals surface area contributed by atoms with Crippen molar-refractivity contribution in [3.8, 4) is 5.75 Å². The van der Waals surface area contributed by atoms with Crippen molar-refractivity contribution >= 4 is 53.9 Å². The minimum absolute atomic E-state index is 0.0966. The molecule has 3 unspecified atom stereocenters. The summed E-state index contributed by atoms with van der Waals surface area (Å²) in [5.74, 6) is 5.69. The van der Waals surface area contributed by atoms with Gasteiger partial charge in [-0.1, -0.05) is 41.4 Å². The number of esters is 1. The van der Waals surface area contributed by atoms with E-state index in [0.717, 1.165) is 0 Å². The number of rotatable bonds is 12. The molecule has 0 radical (unpaired) electrons. The molecule has 18 heteroatoms. The Morgan fingerprint density at radius 2 is 1.92 bits per heavy atom. The first-order valence-corrected chi connectivity index (χ1v) is 17.2. The first-order chi connectivity index (χ1) is 22.8. The van der Waals surface area contributed by atoms with Gasteiger partial charge in [0.25, 0.3) is 0 Å². The maximum atomic E-state index is 14.5. The van der Waals surface area contributed by atoms with Crippen LogP contribution in [0.3, 0.4) is 0 Å². The molecule has 2 fully saturated rings. The van der Waals surface area contributed by atoms with Crippen molar-refractivity contribution in [1.29, 1.82) is 0 Å². The Balaban J connectivity index is 1.23. The third kappa shape index (κ3) is 6.75. The van der Waals surface area contributed by atoms with Gasteiger partial charge >= 0.3 is 13.7 Å². The lowest BCUT2D eigenvalue weighted by Gasteiger charge is -2.41. The molecular weight excluding hydrogens is 688 g/mol. The zero-order chi connectivity index (χ0) is 34.3. The van der Waals surface area contributed by atoms with E-state index >= 15 is 0 Å². The lowest BCUT2D eigenvalue weighted by molar-refractivity contribution is -0.156. The molecule has 15 nitrogen and oxygen atoms in total. The van der Waals surface area contributed by atoms with E-state index in [1.54, 1.807) is 31.3 Å². The number of benzene rings is 2. The molecule has 48 heavy (non-hydrogen) atoms. The second-order valence-corrected chi connectivity index (χ2v) is 14.4. The molecule has 1 aliphatic carbocycles. The Morgan fingerprint density at radius 3 is 2.58 bits per heavy atom. The molecule has 5 atom stereocenters. The van der Waals surface area contributed by atoms with Gasteiger partial charge in [0.2, 0.25) is 0 Å². The summed E-state index contributed by atoms with van der Waals surface area (Å²) in [5, 5.41) is 27.6. The number of hydrazine groups is 1. The summed E-state index contributed by atoms with van der Waals surface area (Å²) >= 11 is 12.3. The number of carbonyl (C=O) groups is 1. The van der Waals surface area contributed by atoms with Crippen molar-refractivity contribution in [2.75, 3.05) is 18.7 Å². The summed E-state index contributed by atoms with van der Waals surface area (Å²) in [6, 6.07) is 13.0. The second-order valence-electron chi connectivity index (χ2n) is 11.9. The third-order valence-corrected chi connectivity index (χ3v) is 10.7. The molecule has 0 bridgehead atoms. The highest BCUT2D eigenvalue weighted by Gasteiger charge is 2.55. The highest BCUT2D eigenvalue weighted by Crippen LogP contribution is 2.51. The maximum absolute atomic E-state index is 14.5. The summed E-state index contributed by atoms with van der Waals surface area (Å²) in [5.41, 5.74) is -2.04. The van der Waals surface area contributed by atoms with E-state index < -0.39 is 49.9 Å². The Bertz CT molecular complexity index is 1840. The fraction of sp³-hybridized carbons (Fsp3) is 0.400. The quantitative estimate of drug-likeness (QED) is 0.0711. The van der Waals surface area contributed by atoms with Crippen molar-refractivity contribution in [3.63, 3.8) is 0 Å². The molecule has 2 aromatic heterocycles. The van der Waals surface area contributed by atoms with Crippen molar-refractivity contribution < 1.29 is 38.1 Å². The fourth-order valence-electron chi connectivity index (χ4n) is 5.59. The van der Waals surface area contributed by atoms with E-state index in [-0.39, 0.29) is 18.0 Å². The number of aromatic nitrogens is 4. The van der Waals surface area contributed by atoms with Crippen LogP contribution in [-0.4, -0.2) is 72.7 Å². The fourth-order valence-corrected chi connectivity index (χ4v) is 7.65. The molecule has 256 valence electrons. The number of nitrogens with one attached hydrogen (secondary N) is 1. The number of hydrogen-bond acceptors (Lipinski definition) is 13. The standard InChI is InChI=1S/C30H34Cl2N7O8P/c1-29(42)24(40)22(46-27(29)39-17-36-23-25(38(2)33)34-16-35-26(23)39)15-45-48(43,47-20-10-8-19(31)9-11-20)37-30(12-5-13-30)28(41)44-14-18-6-3-4-7-21(18)32/h3-4,6-11,16-17,22,24,27,40,42H,5,12-15,33H2,1-2H3,(H,37,43)/t22?,24-,27?,29-,48?/m1/s1. The van der Waals surface area contributed by atoms with E-state index in [1.165, 1.54) is 53.4 Å². The Hall–Kier alpha value is -3.37. The van der Waals surface area contributed by atoms with Gasteiger partial charge in [0.05, 0.1) is 12.9 Å². The molecule has 5 N–H and O–H groups in total. The molecular formula is C30H34Cl2N7O8P. The highest BCUT2D eigenvalue weighted by atomic mass is 35.5. The zero-order valence-electron chi connectivity index (χ0n) is 25.9. The normalized spacial score (nSPS) is 24.5. The molecule has 0 amide bonds. The maximum Gasteiger partial charge on any atom is 0.459 e. The van der Waals surface area contributed by atoms with Crippen LogP contribution < -0.4 is 20.5 Å². The van der Waals surface area contributed by atoms with E-state index in [9.17, 15) is 19.6 Å². The minimum Gasteiger partial charge on any atom is -0.459 e. The van der Waals surface area contributed by atoms with E-state index in [4.69, 9.17) is 47.6 Å². The number of aliphatic hydroxyl groups is 2. The number of nitrogens with zero attached hydrogens (tertiary/aromatic N) is 5. The number of aliphatic hydroxyl groups excluding tert-OH is 1. The second kappa shape index (κ2) is 13.5. The van der Waals surface area contributed by atoms with Crippen molar-refractivity contribution in [2.24, 2.45) is 5.84 Å². The number of hydrogen-bond donors (Lipinski definition) is 4. The van der Waals surface area contributed by atoms with E-state index in [0.29, 0.717) is 46.2 Å². The molecule has 1 saturated carbocycles. The SMILES string of the molecule is CN(N)c1ncnc2c1ncn2C1OC(COP(=O)(NC2(C(=O)OCc3ccccc3Cl)CCC2)Oc2ccc(Cl)cc2)[C@@H](O)[C@@]1(C)O. The summed E-state index contributed by atoms with van der Waals surface area (Å²) in [4.78, 5) is 26.2. The van der Waals surface area contributed by atoms with Crippen molar-refractivity contribution in [3.05, 3.63) is 76.8 Å². The molecule has 1 aliphatic heterocycles. The van der Waals surface area contributed by atoms with Crippen molar-refractivity contribution in [2.45, 2.75) is 62.4 Å². The van der Waals surface area contributed by atoms with E-state index in [2.05, 4.69) is 20.0 Å². The molecule has 2 aliphatic rings. The molecule has 1 saturated heterocycles. The van der Waals surface area contributed by atoms with Crippen molar-refractivity contribution in [1.82, 2.24) is 24.6 Å². The number of nitrogens with two attached hydrogens (primary N) is 1. The Kier molecular flexibility index (Phi) is 9.70. The number of fused-ring (bicyclic) bond motifs is 1. The number of halogens is 2. The molecule has 6 rings (SSSR count). The first-order valence-electron chi connectivity index (χ1n) is 14.9. The summed E-state index contributed by atoms with van der Waals surface area (Å²) in [6.45, 7) is 0.765.